The molecule has 0 unspecified atom stereocenters. The van der Waals surface area contributed by atoms with Crippen molar-refractivity contribution < 1.29 is 14.1 Å². The molecule has 156 valence electrons. The number of nitrogens with zero attached hydrogens (tertiary/aromatic N) is 6. The van der Waals surface area contributed by atoms with Crippen molar-refractivity contribution in [3.8, 4) is 11.4 Å². The van der Waals surface area contributed by atoms with Crippen molar-refractivity contribution in [2.45, 2.75) is 32.5 Å². The molecule has 0 spiro atoms. The van der Waals surface area contributed by atoms with Gasteiger partial charge in [-0.2, -0.15) is 10.1 Å². The van der Waals surface area contributed by atoms with Crippen LogP contribution in [0.3, 0.4) is 0 Å². The second-order valence-electron chi connectivity index (χ2n) is 7.49. The first-order valence-corrected chi connectivity index (χ1v) is 10.0. The van der Waals surface area contributed by atoms with Gasteiger partial charge in [0, 0.05) is 10.6 Å². The molecule has 2 aliphatic rings. The average Bonchev–Trinajstić information content (AvgIpc) is 3.43. The van der Waals surface area contributed by atoms with Gasteiger partial charge < -0.3 is 4.52 Å². The van der Waals surface area contributed by atoms with Gasteiger partial charge in [0.25, 0.3) is 11.8 Å². The summed E-state index contributed by atoms with van der Waals surface area (Å²) < 4.78 is 5.36. The van der Waals surface area contributed by atoms with E-state index in [1.807, 2.05) is 32.0 Å². The lowest BCUT2D eigenvalue weighted by molar-refractivity contribution is -0.123. The third kappa shape index (κ3) is 3.27. The van der Waals surface area contributed by atoms with Crippen LogP contribution in [0, 0.1) is 13.8 Å². The van der Waals surface area contributed by atoms with Gasteiger partial charge in [0.05, 0.1) is 5.69 Å². The average molecular weight is 437 g/mol. The molecule has 10 heteroatoms. The zero-order valence-electron chi connectivity index (χ0n) is 16.7. The van der Waals surface area contributed by atoms with E-state index in [0.29, 0.717) is 16.5 Å². The minimum Gasteiger partial charge on any atom is -0.337 e. The van der Waals surface area contributed by atoms with E-state index in [4.69, 9.17) is 16.1 Å². The third-order valence-electron chi connectivity index (χ3n) is 5.45. The fourth-order valence-corrected chi connectivity index (χ4v) is 3.86. The van der Waals surface area contributed by atoms with Crippen molar-refractivity contribution in [1.82, 2.24) is 15.1 Å². The Balaban J connectivity index is 1.37. The zero-order valence-corrected chi connectivity index (χ0v) is 17.4. The summed E-state index contributed by atoms with van der Waals surface area (Å²) in [5.41, 5.74) is 3.53. The number of hydrogen-bond acceptors (Lipinski definition) is 8. The fraction of sp³-hybridized carbons (Fsp3) is 0.238. The molecule has 2 amide bonds. The molecule has 2 aliphatic heterocycles. The molecule has 3 aromatic rings. The summed E-state index contributed by atoms with van der Waals surface area (Å²) in [4.78, 5) is 31.3. The molecule has 0 aliphatic carbocycles. The van der Waals surface area contributed by atoms with E-state index in [0.717, 1.165) is 16.0 Å². The van der Waals surface area contributed by atoms with Gasteiger partial charge in [-0.1, -0.05) is 40.2 Å². The van der Waals surface area contributed by atoms with Crippen LogP contribution in [-0.4, -0.2) is 39.0 Å². The number of rotatable bonds is 4. The first-order valence-electron chi connectivity index (χ1n) is 9.63. The van der Waals surface area contributed by atoms with Gasteiger partial charge in [0.15, 0.2) is 12.1 Å². The van der Waals surface area contributed by atoms with Gasteiger partial charge >= 0.3 is 0 Å². The second-order valence-corrected chi connectivity index (χ2v) is 7.93. The molecule has 2 atom stereocenters. The number of imide groups is 1. The minimum absolute atomic E-state index is 0.0604. The summed E-state index contributed by atoms with van der Waals surface area (Å²) in [6.45, 7) is 4.10. The summed E-state index contributed by atoms with van der Waals surface area (Å²) in [7, 11) is 0. The first-order chi connectivity index (χ1) is 14.9. The second kappa shape index (κ2) is 7.28. The molecular formula is C21H17ClN6O3. The molecular weight excluding hydrogens is 420 g/mol. The van der Waals surface area contributed by atoms with Gasteiger partial charge in [-0.3, -0.25) is 14.6 Å². The Morgan fingerprint density at radius 1 is 1.06 bits per heavy atom. The maximum atomic E-state index is 13.0. The Morgan fingerprint density at radius 3 is 2.68 bits per heavy atom. The Labute approximate surface area is 182 Å². The first kappa shape index (κ1) is 19.4. The van der Waals surface area contributed by atoms with E-state index in [9.17, 15) is 9.59 Å². The smallest absolute Gasteiger partial charge is 0.263 e. The van der Waals surface area contributed by atoms with Crippen LogP contribution in [0.4, 0.5) is 5.69 Å². The quantitative estimate of drug-likeness (QED) is 0.580. The van der Waals surface area contributed by atoms with Gasteiger partial charge in [-0.15, -0.1) is 0 Å². The maximum absolute atomic E-state index is 13.0. The lowest BCUT2D eigenvalue weighted by Gasteiger charge is -2.19. The number of aryl methyl sites for hydroxylation is 2. The largest absolute Gasteiger partial charge is 0.337 e. The standard InChI is InChI=1S/C21H17ClN6O3/c1-11-6-7-13(8-12(11)2)19-23-16(31-25-19)10-27-18-17(24-26-27)20(29)28(21(18)30)15-5-3-4-14(22)9-15/h3-9,17-18H,10H2,1-2H3/t17-,18-/m1/s1. The van der Waals surface area contributed by atoms with E-state index in [-0.39, 0.29) is 12.4 Å². The lowest BCUT2D eigenvalue weighted by atomic mass is 10.1. The van der Waals surface area contributed by atoms with Crippen LogP contribution >= 0.6 is 11.6 Å². The molecule has 1 aromatic heterocycles. The number of halogens is 1. The van der Waals surface area contributed by atoms with E-state index >= 15 is 0 Å². The van der Waals surface area contributed by atoms with Crippen LogP contribution in [-0.2, 0) is 16.1 Å². The summed E-state index contributed by atoms with van der Waals surface area (Å²) in [6, 6.07) is 10.7. The highest BCUT2D eigenvalue weighted by molar-refractivity contribution is 6.31. The Hall–Kier alpha value is -3.59. The van der Waals surface area contributed by atoms with Crippen LogP contribution in [0.5, 0.6) is 0 Å². The number of hydrogen-bond donors (Lipinski definition) is 0. The number of anilines is 1. The number of benzene rings is 2. The highest BCUT2D eigenvalue weighted by Gasteiger charge is 2.55. The van der Waals surface area contributed by atoms with E-state index in [1.54, 1.807) is 24.3 Å². The van der Waals surface area contributed by atoms with Gasteiger partial charge in [-0.25, -0.2) is 4.90 Å². The summed E-state index contributed by atoms with van der Waals surface area (Å²) >= 11 is 6.02. The molecule has 1 fully saturated rings. The minimum atomic E-state index is -0.909. The molecule has 9 nitrogen and oxygen atoms in total. The Kier molecular flexibility index (Phi) is 4.55. The Bertz CT molecular complexity index is 1240. The van der Waals surface area contributed by atoms with Gasteiger partial charge in [-0.05, 0) is 49.2 Å². The Morgan fingerprint density at radius 2 is 1.90 bits per heavy atom. The highest BCUT2D eigenvalue weighted by Crippen LogP contribution is 2.33. The molecule has 0 N–H and O–H groups in total. The summed E-state index contributed by atoms with van der Waals surface area (Å²) in [6.07, 6.45) is 0. The van der Waals surface area contributed by atoms with Gasteiger partial charge in [0.2, 0.25) is 11.7 Å². The topological polar surface area (TPSA) is 104 Å². The molecule has 0 saturated carbocycles. The lowest BCUT2D eigenvalue weighted by Crippen LogP contribution is -2.39. The van der Waals surface area contributed by atoms with E-state index < -0.39 is 23.9 Å². The van der Waals surface area contributed by atoms with Crippen LogP contribution in [0.25, 0.3) is 11.4 Å². The number of carbonyl (C=O) groups is 2. The van der Waals surface area contributed by atoms with Crippen molar-refractivity contribution in [3.05, 3.63) is 64.5 Å². The van der Waals surface area contributed by atoms with Crippen molar-refractivity contribution in [2.75, 3.05) is 4.90 Å². The maximum Gasteiger partial charge on any atom is 0.263 e. The van der Waals surface area contributed by atoms with Crippen LogP contribution in [0.2, 0.25) is 5.02 Å². The van der Waals surface area contributed by atoms with Crippen molar-refractivity contribution in [2.24, 2.45) is 10.3 Å². The van der Waals surface area contributed by atoms with Gasteiger partial charge in [0.1, 0.15) is 6.54 Å². The number of carbonyl (C=O) groups excluding carboxylic acids is 2. The zero-order chi connectivity index (χ0) is 21.7. The predicted molar refractivity (Wildman–Crippen MR) is 111 cm³/mol. The molecule has 1 saturated heterocycles. The predicted octanol–water partition coefficient (Wildman–Crippen LogP) is 3.50. The molecule has 0 radical (unpaired) electrons. The third-order valence-corrected chi connectivity index (χ3v) is 5.69. The van der Waals surface area contributed by atoms with Crippen molar-refractivity contribution in [1.29, 1.82) is 0 Å². The van der Waals surface area contributed by atoms with Crippen LogP contribution < -0.4 is 4.90 Å². The van der Waals surface area contributed by atoms with E-state index in [1.165, 1.54) is 10.6 Å². The molecule has 3 heterocycles. The van der Waals surface area contributed by atoms with Crippen LogP contribution in [0.15, 0.2) is 57.3 Å². The normalized spacial score (nSPS) is 20.1. The van der Waals surface area contributed by atoms with Crippen molar-refractivity contribution in [3.63, 3.8) is 0 Å². The number of fused-ring (bicyclic) bond motifs is 1. The monoisotopic (exact) mass is 436 g/mol. The number of amides is 2. The molecule has 5 rings (SSSR count). The highest BCUT2D eigenvalue weighted by atomic mass is 35.5. The number of aromatic nitrogens is 2. The van der Waals surface area contributed by atoms with Crippen molar-refractivity contribution >= 4 is 29.1 Å². The van der Waals surface area contributed by atoms with E-state index in [2.05, 4.69) is 20.5 Å². The molecule has 31 heavy (non-hydrogen) atoms. The fourth-order valence-electron chi connectivity index (χ4n) is 3.68. The summed E-state index contributed by atoms with van der Waals surface area (Å²) in [5, 5.41) is 13.9. The SMILES string of the molecule is Cc1ccc(-c2noc(CN3N=N[C@H]4C(=O)N(c5cccc(Cl)c5)C(=O)[C@@H]43)n2)cc1C. The van der Waals surface area contributed by atoms with Crippen LogP contribution in [0.1, 0.15) is 17.0 Å². The molecule has 2 aromatic carbocycles. The molecule has 0 bridgehead atoms. The summed E-state index contributed by atoms with van der Waals surface area (Å²) in [5.74, 6) is -0.143.